The zero-order valence-electron chi connectivity index (χ0n) is 22.2. The van der Waals surface area contributed by atoms with Gasteiger partial charge in [0, 0.05) is 61.5 Å². The Morgan fingerprint density at radius 3 is 2.60 bits per heavy atom. The van der Waals surface area contributed by atoms with Crippen molar-refractivity contribution in [2.45, 2.75) is 19.4 Å². The molecule has 4 aromatic rings. The second kappa shape index (κ2) is 10.1. The summed E-state index contributed by atoms with van der Waals surface area (Å²) in [4.78, 5) is 26.0. The fraction of sp³-hybridized carbons (Fsp3) is 0.345. The third kappa shape index (κ3) is 4.94. The Balaban J connectivity index is 1.19. The Labute approximate surface area is 236 Å². The first-order chi connectivity index (χ1) is 19.2. The summed E-state index contributed by atoms with van der Waals surface area (Å²) in [6.07, 6.45) is 6.61. The number of ether oxygens (including phenoxy) is 1. The van der Waals surface area contributed by atoms with E-state index in [-0.39, 0.29) is 12.5 Å². The first kappa shape index (κ1) is 26.0. The van der Waals surface area contributed by atoms with Crippen molar-refractivity contribution in [1.29, 1.82) is 5.26 Å². The van der Waals surface area contributed by atoms with Crippen LogP contribution in [0.15, 0.2) is 55.1 Å². The minimum atomic E-state index is -0.996. The van der Waals surface area contributed by atoms with Crippen LogP contribution in [0.25, 0.3) is 16.6 Å². The topological polar surface area (TPSA) is 120 Å². The number of halogens is 1. The molecule has 0 aliphatic carbocycles. The van der Waals surface area contributed by atoms with E-state index in [1.54, 1.807) is 49.1 Å². The van der Waals surface area contributed by atoms with E-state index in [0.717, 1.165) is 30.0 Å². The number of carbonyl (C=O) groups is 1. The Hall–Kier alpha value is -4.20. The number of fused-ring (bicyclic) bond motifs is 2. The Morgan fingerprint density at radius 2 is 1.95 bits per heavy atom. The van der Waals surface area contributed by atoms with Crippen LogP contribution in [0.1, 0.15) is 29.9 Å². The molecule has 0 radical (unpaired) electrons. The SMILES string of the molecule is CC(C)(O)COc1cc(-c2ccc(N3C[C@H]4CN(C(=O)c5ncccc5Cl)C[C@H]4C3)nc2)c2c(C#N)cnn2c1. The van der Waals surface area contributed by atoms with Crippen molar-refractivity contribution in [2.24, 2.45) is 11.8 Å². The van der Waals surface area contributed by atoms with E-state index in [9.17, 15) is 15.2 Å². The molecule has 11 heteroatoms. The number of aromatic nitrogens is 4. The van der Waals surface area contributed by atoms with E-state index < -0.39 is 5.60 Å². The van der Waals surface area contributed by atoms with Gasteiger partial charge < -0.3 is 19.6 Å². The maximum absolute atomic E-state index is 13.0. The molecule has 0 aromatic carbocycles. The number of nitriles is 1. The van der Waals surface area contributed by atoms with Crippen LogP contribution in [0.3, 0.4) is 0 Å². The fourth-order valence-corrected chi connectivity index (χ4v) is 5.71. The molecule has 2 fully saturated rings. The van der Waals surface area contributed by atoms with Gasteiger partial charge in [-0.2, -0.15) is 10.4 Å². The molecule has 6 heterocycles. The highest BCUT2D eigenvalue weighted by atomic mass is 35.5. The standard InChI is InChI=1S/C29H28ClN7O3/c1-29(2,39)17-40-22-8-23(27-19(9-31)11-34-37(27)16-22)18-5-6-25(33-10-18)35-12-20-14-36(15-21(20)13-35)28(38)26-24(30)4-3-7-32-26/h3-8,10-11,16,20-21,39H,12-15,17H2,1-2H3/t20-,21+. The van der Waals surface area contributed by atoms with Crippen LogP contribution in [-0.4, -0.2) is 73.9 Å². The van der Waals surface area contributed by atoms with Crippen molar-refractivity contribution in [3.05, 3.63) is 71.4 Å². The molecule has 6 rings (SSSR count). The molecule has 1 N–H and O–H groups in total. The van der Waals surface area contributed by atoms with Crippen LogP contribution in [0.4, 0.5) is 5.82 Å². The van der Waals surface area contributed by atoms with Crippen molar-refractivity contribution >= 4 is 28.8 Å². The minimum absolute atomic E-state index is 0.108. The summed E-state index contributed by atoms with van der Waals surface area (Å²) in [5, 5.41) is 24.4. The largest absolute Gasteiger partial charge is 0.489 e. The minimum Gasteiger partial charge on any atom is -0.489 e. The molecule has 2 saturated heterocycles. The second-order valence-corrected chi connectivity index (χ2v) is 11.4. The number of pyridine rings is 3. The molecule has 1 amide bonds. The van der Waals surface area contributed by atoms with E-state index in [1.165, 1.54) is 6.20 Å². The highest BCUT2D eigenvalue weighted by molar-refractivity contribution is 6.33. The first-order valence-electron chi connectivity index (χ1n) is 13.1. The number of rotatable bonds is 6. The van der Waals surface area contributed by atoms with Crippen molar-refractivity contribution in [3.63, 3.8) is 0 Å². The lowest BCUT2D eigenvalue weighted by molar-refractivity contribution is 0.0283. The van der Waals surface area contributed by atoms with E-state index in [1.807, 2.05) is 23.1 Å². The number of amides is 1. The summed E-state index contributed by atoms with van der Waals surface area (Å²) < 4.78 is 7.45. The third-order valence-electron chi connectivity index (χ3n) is 7.42. The predicted octanol–water partition coefficient (Wildman–Crippen LogP) is 3.67. The van der Waals surface area contributed by atoms with Gasteiger partial charge in [0.25, 0.3) is 5.91 Å². The van der Waals surface area contributed by atoms with Crippen LogP contribution in [0, 0.1) is 23.2 Å². The molecule has 0 bridgehead atoms. The maximum atomic E-state index is 13.0. The third-order valence-corrected chi connectivity index (χ3v) is 7.72. The van der Waals surface area contributed by atoms with Crippen molar-refractivity contribution in [1.82, 2.24) is 24.5 Å². The molecular formula is C29H28ClN7O3. The number of likely N-dealkylation sites (tertiary alicyclic amines) is 1. The highest BCUT2D eigenvalue weighted by Gasteiger charge is 2.42. The molecule has 0 unspecified atom stereocenters. The summed E-state index contributed by atoms with van der Waals surface area (Å²) in [6.45, 7) is 6.41. The van der Waals surface area contributed by atoms with Crippen molar-refractivity contribution < 1.29 is 14.6 Å². The predicted molar refractivity (Wildman–Crippen MR) is 149 cm³/mol. The highest BCUT2D eigenvalue weighted by Crippen LogP contribution is 2.36. The number of nitrogens with zero attached hydrogens (tertiary/aromatic N) is 7. The summed E-state index contributed by atoms with van der Waals surface area (Å²) in [7, 11) is 0. The van der Waals surface area contributed by atoms with Gasteiger partial charge in [0.1, 0.15) is 29.9 Å². The van der Waals surface area contributed by atoms with Crippen LogP contribution in [-0.2, 0) is 0 Å². The van der Waals surface area contributed by atoms with Crippen molar-refractivity contribution in [2.75, 3.05) is 37.7 Å². The Bertz CT molecular complexity index is 1610. The number of carbonyl (C=O) groups excluding carboxylic acids is 1. The second-order valence-electron chi connectivity index (χ2n) is 11.0. The summed E-state index contributed by atoms with van der Waals surface area (Å²) in [5.41, 5.74) is 2.02. The molecule has 4 aromatic heterocycles. The molecule has 2 aliphatic rings. The van der Waals surface area contributed by atoms with Gasteiger partial charge in [0.2, 0.25) is 0 Å². The maximum Gasteiger partial charge on any atom is 0.274 e. The van der Waals surface area contributed by atoms with Gasteiger partial charge in [0.05, 0.1) is 34.1 Å². The van der Waals surface area contributed by atoms with Crippen LogP contribution in [0.5, 0.6) is 5.75 Å². The van der Waals surface area contributed by atoms with Gasteiger partial charge in [-0.3, -0.25) is 4.79 Å². The lowest BCUT2D eigenvalue weighted by atomic mass is 10.0. The molecule has 10 nitrogen and oxygen atoms in total. The van der Waals surface area contributed by atoms with Gasteiger partial charge in [-0.15, -0.1) is 0 Å². The normalized spacial score (nSPS) is 18.7. The first-order valence-corrected chi connectivity index (χ1v) is 13.5. The van der Waals surface area contributed by atoms with Crippen LogP contribution >= 0.6 is 11.6 Å². The van der Waals surface area contributed by atoms with E-state index in [4.69, 9.17) is 21.3 Å². The van der Waals surface area contributed by atoms with E-state index >= 15 is 0 Å². The number of hydrogen-bond donors (Lipinski definition) is 1. The molecule has 204 valence electrons. The smallest absolute Gasteiger partial charge is 0.274 e. The monoisotopic (exact) mass is 557 g/mol. The number of anilines is 1. The Kier molecular flexibility index (Phi) is 6.56. The molecule has 0 saturated carbocycles. The van der Waals surface area contributed by atoms with Crippen molar-refractivity contribution in [3.8, 4) is 22.9 Å². The van der Waals surface area contributed by atoms with Gasteiger partial charge in [0.15, 0.2) is 0 Å². The van der Waals surface area contributed by atoms with Crippen LogP contribution < -0.4 is 9.64 Å². The quantitative estimate of drug-likeness (QED) is 0.381. The summed E-state index contributed by atoms with van der Waals surface area (Å²) >= 11 is 6.20. The molecule has 40 heavy (non-hydrogen) atoms. The summed E-state index contributed by atoms with van der Waals surface area (Å²) in [6, 6.07) is 11.4. The zero-order chi connectivity index (χ0) is 28.0. The number of aliphatic hydroxyl groups is 1. The molecule has 2 aliphatic heterocycles. The van der Waals surface area contributed by atoms with Gasteiger partial charge in [-0.1, -0.05) is 11.6 Å². The Morgan fingerprint density at radius 1 is 1.18 bits per heavy atom. The van der Waals surface area contributed by atoms with Gasteiger partial charge in [-0.05, 0) is 44.2 Å². The van der Waals surface area contributed by atoms with Gasteiger partial charge in [-0.25, -0.2) is 14.5 Å². The lowest BCUT2D eigenvalue weighted by Gasteiger charge is -2.22. The zero-order valence-corrected chi connectivity index (χ0v) is 22.9. The van der Waals surface area contributed by atoms with E-state index in [2.05, 4.69) is 21.1 Å². The van der Waals surface area contributed by atoms with Gasteiger partial charge >= 0.3 is 0 Å². The molecular weight excluding hydrogens is 530 g/mol. The average molecular weight is 558 g/mol. The fourth-order valence-electron chi connectivity index (χ4n) is 5.51. The summed E-state index contributed by atoms with van der Waals surface area (Å²) in [5.74, 6) is 1.97. The van der Waals surface area contributed by atoms with E-state index in [0.29, 0.717) is 52.5 Å². The molecule has 0 spiro atoms. The lowest BCUT2D eigenvalue weighted by Crippen LogP contribution is -2.34. The molecule has 2 atom stereocenters. The average Bonchev–Trinajstić information content (AvgIpc) is 3.64. The number of hydrogen-bond acceptors (Lipinski definition) is 8. The van der Waals surface area contributed by atoms with Crippen LogP contribution in [0.2, 0.25) is 5.02 Å².